The molecule has 0 heterocycles. The summed E-state index contributed by atoms with van der Waals surface area (Å²) < 4.78 is 4.79. The summed E-state index contributed by atoms with van der Waals surface area (Å²) in [5, 5.41) is 11.2. The van der Waals surface area contributed by atoms with Crippen molar-refractivity contribution < 1.29 is 14.7 Å². The number of hydrogen-bond acceptors (Lipinski definition) is 4. The van der Waals surface area contributed by atoms with Gasteiger partial charge in [-0.1, -0.05) is 50.9 Å². The van der Waals surface area contributed by atoms with Gasteiger partial charge in [0.2, 0.25) is 0 Å². The summed E-state index contributed by atoms with van der Waals surface area (Å²) >= 11 is 0. The van der Waals surface area contributed by atoms with Crippen molar-refractivity contribution in [2.75, 3.05) is 6.61 Å². The van der Waals surface area contributed by atoms with Gasteiger partial charge >= 0.3 is 5.97 Å². The van der Waals surface area contributed by atoms with Gasteiger partial charge in [-0.3, -0.25) is 4.79 Å². The maximum Gasteiger partial charge on any atom is 0.306 e. The fourth-order valence-electron chi connectivity index (χ4n) is 1.99. The third-order valence-electron chi connectivity index (χ3n) is 3.11. The van der Waals surface area contributed by atoms with E-state index in [1.165, 1.54) is 38.5 Å². The summed E-state index contributed by atoms with van der Waals surface area (Å²) in [5.41, 5.74) is 0. The molecule has 0 unspecified atom stereocenters. The van der Waals surface area contributed by atoms with Crippen LogP contribution in [0.25, 0.3) is 0 Å². The Morgan fingerprint density at radius 2 is 1.60 bits per heavy atom. The fraction of sp³-hybridized carbons (Fsp3) is 0.750. The van der Waals surface area contributed by atoms with Gasteiger partial charge in [-0.05, 0) is 19.3 Å². The van der Waals surface area contributed by atoms with Crippen molar-refractivity contribution in [3.05, 3.63) is 0 Å². The molecule has 114 valence electrons. The van der Waals surface area contributed by atoms with Crippen LogP contribution in [0.2, 0.25) is 0 Å². The molecule has 0 saturated carbocycles. The van der Waals surface area contributed by atoms with Gasteiger partial charge in [-0.2, -0.15) is 0 Å². The molecule has 4 heteroatoms. The number of unbranched alkanes of at least 4 members (excludes halogenated alkanes) is 9. The van der Waals surface area contributed by atoms with Crippen LogP contribution in [0.3, 0.4) is 0 Å². The SMILES string of the molecule is C#CCOC(=O)CCCCCCCCCCC/C=N/O. The molecule has 4 nitrogen and oxygen atoms in total. The summed E-state index contributed by atoms with van der Waals surface area (Å²) in [6.07, 6.45) is 18.4. The van der Waals surface area contributed by atoms with Gasteiger partial charge in [0, 0.05) is 12.6 Å². The van der Waals surface area contributed by atoms with Gasteiger partial charge in [0.05, 0.1) is 0 Å². The molecule has 20 heavy (non-hydrogen) atoms. The van der Waals surface area contributed by atoms with Crippen molar-refractivity contribution in [2.24, 2.45) is 5.16 Å². The monoisotopic (exact) mass is 281 g/mol. The molecule has 0 aromatic heterocycles. The molecular formula is C16H27NO3. The van der Waals surface area contributed by atoms with Gasteiger partial charge in [0.1, 0.15) is 0 Å². The summed E-state index contributed by atoms with van der Waals surface area (Å²) in [6.45, 7) is 0.0863. The van der Waals surface area contributed by atoms with Crippen molar-refractivity contribution in [1.82, 2.24) is 0 Å². The third-order valence-corrected chi connectivity index (χ3v) is 3.11. The van der Waals surface area contributed by atoms with Gasteiger partial charge < -0.3 is 9.94 Å². The van der Waals surface area contributed by atoms with Crippen LogP contribution in [0, 0.1) is 12.3 Å². The van der Waals surface area contributed by atoms with Crippen molar-refractivity contribution >= 4 is 12.2 Å². The highest BCUT2D eigenvalue weighted by Crippen LogP contribution is 2.11. The molecule has 0 aliphatic heterocycles. The lowest BCUT2D eigenvalue weighted by Crippen LogP contribution is -2.03. The molecule has 0 saturated heterocycles. The normalized spacial score (nSPS) is 10.6. The van der Waals surface area contributed by atoms with Crippen molar-refractivity contribution in [1.29, 1.82) is 0 Å². The first-order chi connectivity index (χ1) is 9.81. The number of hydrogen-bond donors (Lipinski definition) is 1. The zero-order valence-corrected chi connectivity index (χ0v) is 12.4. The third kappa shape index (κ3) is 14.6. The predicted molar refractivity (Wildman–Crippen MR) is 80.9 cm³/mol. The molecule has 0 rings (SSSR count). The molecule has 0 spiro atoms. The minimum atomic E-state index is -0.186. The topological polar surface area (TPSA) is 58.9 Å². The van der Waals surface area contributed by atoms with Crippen molar-refractivity contribution in [3.8, 4) is 12.3 Å². The van der Waals surface area contributed by atoms with E-state index < -0.39 is 0 Å². The van der Waals surface area contributed by atoms with Crippen LogP contribution < -0.4 is 0 Å². The number of ether oxygens (including phenoxy) is 1. The molecule has 0 aromatic carbocycles. The van der Waals surface area contributed by atoms with E-state index in [1.54, 1.807) is 6.21 Å². The second-order valence-electron chi connectivity index (χ2n) is 4.88. The highest BCUT2D eigenvalue weighted by Gasteiger charge is 2.00. The van der Waals surface area contributed by atoms with Gasteiger partial charge in [0.25, 0.3) is 0 Å². The average molecular weight is 281 g/mol. The molecule has 0 aliphatic rings. The maximum absolute atomic E-state index is 11.1. The van der Waals surface area contributed by atoms with Gasteiger partial charge in [-0.25, -0.2) is 0 Å². The predicted octanol–water partition coefficient (Wildman–Crippen LogP) is 3.91. The van der Waals surface area contributed by atoms with Crippen LogP contribution in [-0.4, -0.2) is 24.0 Å². The lowest BCUT2D eigenvalue weighted by Gasteiger charge is -2.02. The molecule has 0 atom stereocenters. The first kappa shape index (κ1) is 18.5. The second-order valence-corrected chi connectivity index (χ2v) is 4.88. The first-order valence-corrected chi connectivity index (χ1v) is 7.56. The number of esters is 1. The lowest BCUT2D eigenvalue weighted by atomic mass is 10.1. The second kappa shape index (κ2) is 15.6. The van der Waals surface area contributed by atoms with E-state index in [4.69, 9.17) is 16.4 Å². The Labute approximate surface area is 122 Å². The smallest absolute Gasteiger partial charge is 0.306 e. The molecule has 0 fully saturated rings. The Kier molecular flexibility index (Phi) is 14.4. The summed E-state index contributed by atoms with van der Waals surface area (Å²) in [5.74, 6) is 2.10. The quantitative estimate of drug-likeness (QED) is 0.139. The van der Waals surface area contributed by atoms with Crippen molar-refractivity contribution in [2.45, 2.75) is 70.6 Å². The lowest BCUT2D eigenvalue weighted by molar-refractivity contribution is -0.142. The number of nitrogens with zero attached hydrogens (tertiary/aromatic N) is 1. The fourth-order valence-corrected chi connectivity index (χ4v) is 1.99. The highest BCUT2D eigenvalue weighted by atomic mass is 16.5. The van der Waals surface area contributed by atoms with Crippen LogP contribution in [0.4, 0.5) is 0 Å². The molecule has 0 amide bonds. The van der Waals surface area contributed by atoms with E-state index in [0.717, 1.165) is 25.7 Å². The van der Waals surface area contributed by atoms with Crippen LogP contribution >= 0.6 is 0 Å². The molecule has 0 bridgehead atoms. The molecule has 0 aromatic rings. The Bertz CT molecular complexity index is 295. The van der Waals surface area contributed by atoms with Crippen molar-refractivity contribution in [3.63, 3.8) is 0 Å². The minimum absolute atomic E-state index is 0.0863. The zero-order valence-electron chi connectivity index (χ0n) is 12.4. The van der Waals surface area contributed by atoms with E-state index in [-0.39, 0.29) is 12.6 Å². The van der Waals surface area contributed by atoms with Gasteiger partial charge in [0.15, 0.2) is 6.61 Å². The van der Waals surface area contributed by atoms with E-state index in [0.29, 0.717) is 6.42 Å². The number of oxime groups is 1. The van der Waals surface area contributed by atoms with Crippen LogP contribution in [0.1, 0.15) is 70.6 Å². The highest BCUT2D eigenvalue weighted by molar-refractivity contribution is 5.69. The minimum Gasteiger partial charge on any atom is -0.452 e. The van der Waals surface area contributed by atoms with E-state index >= 15 is 0 Å². The standard InChI is InChI=1S/C16H27NO3/c1-2-15-20-16(18)13-11-9-7-5-3-4-6-8-10-12-14-17-19/h1,14,19H,3-13,15H2/b17-14+. The Hall–Kier alpha value is -1.50. The molecular weight excluding hydrogens is 254 g/mol. The zero-order chi connectivity index (χ0) is 14.9. The van der Waals surface area contributed by atoms with Crippen LogP contribution in [-0.2, 0) is 9.53 Å². The summed E-state index contributed by atoms with van der Waals surface area (Å²) in [6, 6.07) is 0. The maximum atomic E-state index is 11.1. The number of terminal acetylenes is 1. The molecule has 0 radical (unpaired) electrons. The number of carbonyl (C=O) groups excluding carboxylic acids is 1. The summed E-state index contributed by atoms with van der Waals surface area (Å²) in [7, 11) is 0. The molecule has 0 aliphatic carbocycles. The number of rotatable bonds is 13. The van der Waals surface area contributed by atoms with E-state index in [1.807, 2.05) is 0 Å². The average Bonchev–Trinajstić information content (AvgIpc) is 2.46. The largest absolute Gasteiger partial charge is 0.452 e. The summed E-state index contributed by atoms with van der Waals surface area (Å²) in [4.78, 5) is 11.1. The van der Waals surface area contributed by atoms with Crippen LogP contribution in [0.5, 0.6) is 0 Å². The Morgan fingerprint density at radius 3 is 2.15 bits per heavy atom. The van der Waals surface area contributed by atoms with E-state index in [9.17, 15) is 4.79 Å². The Morgan fingerprint density at radius 1 is 1.05 bits per heavy atom. The molecule has 1 N–H and O–H groups in total. The van der Waals surface area contributed by atoms with Gasteiger partial charge in [-0.15, -0.1) is 11.6 Å². The number of carbonyl (C=O) groups is 1. The van der Waals surface area contributed by atoms with E-state index in [2.05, 4.69) is 11.1 Å². The Balaban J connectivity index is 3.10. The van der Waals surface area contributed by atoms with Crippen LogP contribution in [0.15, 0.2) is 5.16 Å². The first-order valence-electron chi connectivity index (χ1n) is 7.56.